The molecule has 0 amide bonds. The van der Waals surface area contributed by atoms with Crippen molar-refractivity contribution in [2.45, 2.75) is 18.9 Å². The van der Waals surface area contributed by atoms with Gasteiger partial charge in [-0.2, -0.15) is 0 Å². The van der Waals surface area contributed by atoms with Crippen LogP contribution in [0.4, 0.5) is 0 Å². The van der Waals surface area contributed by atoms with E-state index in [1.54, 1.807) is 0 Å². The Kier molecular flexibility index (Phi) is 5.35. The van der Waals surface area contributed by atoms with Crippen LogP contribution in [0, 0.1) is 0 Å². The summed E-state index contributed by atoms with van der Waals surface area (Å²) >= 11 is 0. The van der Waals surface area contributed by atoms with Crippen molar-refractivity contribution in [3.63, 3.8) is 0 Å². The number of pyridine rings is 1. The first-order valence-corrected chi connectivity index (χ1v) is 5.62. The minimum Gasteiger partial charge on any atom is -0.330 e. The molecule has 0 saturated heterocycles. The Morgan fingerprint density at radius 1 is 1.12 bits per heavy atom. The van der Waals surface area contributed by atoms with Crippen LogP contribution in [0.3, 0.4) is 0 Å². The van der Waals surface area contributed by atoms with Gasteiger partial charge in [0.1, 0.15) is 0 Å². The van der Waals surface area contributed by atoms with Gasteiger partial charge in [-0.25, -0.2) is 0 Å². The van der Waals surface area contributed by atoms with Gasteiger partial charge in [0.15, 0.2) is 0 Å². The van der Waals surface area contributed by atoms with Crippen LogP contribution in [-0.2, 0) is 0 Å². The topological polar surface area (TPSA) is 64.9 Å². The van der Waals surface area contributed by atoms with Crippen molar-refractivity contribution < 1.29 is 0 Å². The molecular weight excluding hydrogens is 234 g/mol. The zero-order valence-electron chi connectivity index (χ0n) is 9.67. The molecule has 4 N–H and O–H groups in total. The molecule has 0 aliphatic carbocycles. The monoisotopic (exact) mass is 251 g/mol. The van der Waals surface area contributed by atoms with E-state index in [1.807, 2.05) is 24.3 Å². The summed E-state index contributed by atoms with van der Waals surface area (Å²) in [7, 11) is 0. The molecule has 0 saturated carbocycles. The second-order valence-corrected chi connectivity index (χ2v) is 3.97. The SMILES string of the molecule is Cl.NCCC[C@H](N)c1ccc2ccccc2n1. The smallest absolute Gasteiger partial charge is 0.0706 e. The summed E-state index contributed by atoms with van der Waals surface area (Å²) < 4.78 is 0. The van der Waals surface area contributed by atoms with Gasteiger partial charge < -0.3 is 11.5 Å². The highest BCUT2D eigenvalue weighted by molar-refractivity contribution is 5.85. The van der Waals surface area contributed by atoms with Crippen molar-refractivity contribution in [2.75, 3.05) is 6.54 Å². The standard InChI is InChI=1S/C13H17N3.ClH/c14-9-3-5-11(15)13-8-7-10-4-1-2-6-12(10)16-13;/h1-2,4,6-8,11H,3,5,9,14-15H2;1H/t11-;/m0./s1. The number of hydrogen-bond donors (Lipinski definition) is 2. The Morgan fingerprint density at radius 2 is 1.88 bits per heavy atom. The first kappa shape index (κ1) is 13.9. The van der Waals surface area contributed by atoms with Gasteiger partial charge in [-0.15, -0.1) is 12.4 Å². The second-order valence-electron chi connectivity index (χ2n) is 3.97. The van der Waals surface area contributed by atoms with Gasteiger partial charge in [0.2, 0.25) is 0 Å². The van der Waals surface area contributed by atoms with Crippen molar-refractivity contribution in [2.24, 2.45) is 11.5 Å². The molecule has 4 heteroatoms. The van der Waals surface area contributed by atoms with Gasteiger partial charge >= 0.3 is 0 Å². The van der Waals surface area contributed by atoms with Crippen LogP contribution in [0.25, 0.3) is 10.9 Å². The van der Waals surface area contributed by atoms with Crippen molar-refractivity contribution in [1.82, 2.24) is 4.98 Å². The third-order valence-electron chi connectivity index (χ3n) is 2.72. The van der Waals surface area contributed by atoms with E-state index in [0.717, 1.165) is 29.4 Å². The average Bonchev–Trinajstić information content (AvgIpc) is 2.35. The molecule has 0 aliphatic rings. The third-order valence-corrected chi connectivity index (χ3v) is 2.72. The highest BCUT2D eigenvalue weighted by atomic mass is 35.5. The lowest BCUT2D eigenvalue weighted by Crippen LogP contribution is -2.13. The number of rotatable bonds is 4. The predicted octanol–water partition coefficient (Wildman–Crippen LogP) is 2.40. The third kappa shape index (κ3) is 3.40. The number of nitrogens with two attached hydrogens (primary N) is 2. The summed E-state index contributed by atoms with van der Waals surface area (Å²) in [5.41, 5.74) is 13.5. The molecule has 0 bridgehead atoms. The molecule has 3 nitrogen and oxygen atoms in total. The number of aromatic nitrogens is 1. The van der Waals surface area contributed by atoms with Crippen LogP contribution in [0.2, 0.25) is 0 Å². The maximum Gasteiger partial charge on any atom is 0.0706 e. The van der Waals surface area contributed by atoms with Gasteiger partial charge in [-0.3, -0.25) is 4.98 Å². The molecule has 1 aromatic heterocycles. The number of para-hydroxylation sites is 1. The van der Waals surface area contributed by atoms with E-state index < -0.39 is 0 Å². The van der Waals surface area contributed by atoms with Crippen LogP contribution < -0.4 is 11.5 Å². The molecular formula is C13H18ClN3. The fraction of sp³-hybridized carbons (Fsp3) is 0.308. The molecule has 0 spiro atoms. The second kappa shape index (κ2) is 6.55. The molecule has 0 fully saturated rings. The first-order valence-electron chi connectivity index (χ1n) is 5.62. The molecule has 92 valence electrons. The van der Waals surface area contributed by atoms with Crippen molar-refractivity contribution >= 4 is 23.3 Å². The summed E-state index contributed by atoms with van der Waals surface area (Å²) in [6.07, 6.45) is 1.83. The Balaban J connectivity index is 0.00000144. The van der Waals surface area contributed by atoms with E-state index in [1.165, 1.54) is 0 Å². The highest BCUT2D eigenvalue weighted by Gasteiger charge is 2.07. The van der Waals surface area contributed by atoms with Crippen LogP contribution in [0.5, 0.6) is 0 Å². The Morgan fingerprint density at radius 3 is 2.65 bits per heavy atom. The molecule has 17 heavy (non-hydrogen) atoms. The van der Waals surface area contributed by atoms with E-state index in [2.05, 4.69) is 17.1 Å². The quantitative estimate of drug-likeness (QED) is 0.877. The van der Waals surface area contributed by atoms with E-state index in [9.17, 15) is 0 Å². The lowest BCUT2D eigenvalue weighted by Gasteiger charge is -2.10. The van der Waals surface area contributed by atoms with Crippen LogP contribution in [0.15, 0.2) is 36.4 Å². The Labute approximate surface area is 108 Å². The van der Waals surface area contributed by atoms with E-state index >= 15 is 0 Å². The number of benzene rings is 1. The molecule has 2 aromatic rings. The van der Waals surface area contributed by atoms with Crippen LogP contribution in [-0.4, -0.2) is 11.5 Å². The largest absolute Gasteiger partial charge is 0.330 e. The number of hydrogen-bond acceptors (Lipinski definition) is 3. The zero-order chi connectivity index (χ0) is 11.4. The highest BCUT2D eigenvalue weighted by Crippen LogP contribution is 2.17. The summed E-state index contributed by atoms with van der Waals surface area (Å²) in [6, 6.07) is 12.1. The maximum atomic E-state index is 6.05. The van der Waals surface area contributed by atoms with Gasteiger partial charge in [-0.05, 0) is 31.5 Å². The molecule has 0 radical (unpaired) electrons. The molecule has 1 aromatic carbocycles. The van der Waals surface area contributed by atoms with Gasteiger partial charge in [-0.1, -0.05) is 24.3 Å². The normalized spacial score (nSPS) is 12.1. The molecule has 0 aliphatic heterocycles. The fourth-order valence-corrected chi connectivity index (χ4v) is 1.77. The minimum absolute atomic E-state index is 0. The van der Waals surface area contributed by atoms with Crippen LogP contribution in [0.1, 0.15) is 24.6 Å². The predicted molar refractivity (Wildman–Crippen MR) is 74.2 cm³/mol. The molecule has 1 atom stereocenters. The fourth-order valence-electron chi connectivity index (χ4n) is 1.77. The average molecular weight is 252 g/mol. The Hall–Kier alpha value is -1.16. The lowest BCUT2D eigenvalue weighted by atomic mass is 10.1. The van der Waals surface area contributed by atoms with Gasteiger partial charge in [0.05, 0.1) is 11.2 Å². The first-order chi connectivity index (χ1) is 7.81. The van der Waals surface area contributed by atoms with Crippen molar-refractivity contribution in [3.8, 4) is 0 Å². The summed E-state index contributed by atoms with van der Waals surface area (Å²) in [5, 5.41) is 1.15. The van der Waals surface area contributed by atoms with Gasteiger partial charge in [0.25, 0.3) is 0 Å². The summed E-state index contributed by atoms with van der Waals surface area (Å²) in [5.74, 6) is 0. The van der Waals surface area contributed by atoms with E-state index in [-0.39, 0.29) is 18.4 Å². The summed E-state index contributed by atoms with van der Waals surface area (Å²) in [6.45, 7) is 0.682. The van der Waals surface area contributed by atoms with Gasteiger partial charge in [0, 0.05) is 11.4 Å². The number of halogens is 1. The van der Waals surface area contributed by atoms with Crippen LogP contribution >= 0.6 is 12.4 Å². The lowest BCUT2D eigenvalue weighted by molar-refractivity contribution is 0.605. The van der Waals surface area contributed by atoms with Crippen molar-refractivity contribution in [1.29, 1.82) is 0 Å². The Bertz CT molecular complexity index is 473. The maximum absolute atomic E-state index is 6.05. The van der Waals surface area contributed by atoms with Crippen molar-refractivity contribution in [3.05, 3.63) is 42.1 Å². The van der Waals surface area contributed by atoms with E-state index in [4.69, 9.17) is 11.5 Å². The molecule has 1 heterocycles. The molecule has 0 unspecified atom stereocenters. The summed E-state index contributed by atoms with van der Waals surface area (Å²) in [4.78, 5) is 4.56. The minimum atomic E-state index is -0.00634. The number of fused-ring (bicyclic) bond motifs is 1. The zero-order valence-corrected chi connectivity index (χ0v) is 10.5. The van der Waals surface area contributed by atoms with E-state index in [0.29, 0.717) is 6.54 Å². The molecule has 2 rings (SSSR count). The number of nitrogens with zero attached hydrogens (tertiary/aromatic N) is 1.